The van der Waals surface area contributed by atoms with Crippen molar-refractivity contribution in [3.05, 3.63) is 63.1 Å². The molecule has 6 nitrogen and oxygen atoms in total. The van der Waals surface area contributed by atoms with Crippen molar-refractivity contribution in [2.45, 2.75) is 37.8 Å². The van der Waals surface area contributed by atoms with Crippen LogP contribution in [0, 0.1) is 0 Å². The fourth-order valence-electron chi connectivity index (χ4n) is 3.17. The molecule has 142 valence electrons. The molecule has 0 aliphatic carbocycles. The van der Waals surface area contributed by atoms with Gasteiger partial charge in [-0.05, 0) is 18.9 Å². The number of rotatable bonds is 6. The van der Waals surface area contributed by atoms with Crippen molar-refractivity contribution >= 4 is 23.5 Å². The van der Waals surface area contributed by atoms with Crippen LogP contribution in [0.25, 0.3) is 0 Å². The Hall–Kier alpha value is -2.54. The van der Waals surface area contributed by atoms with Crippen LogP contribution in [0.15, 0.2) is 51.6 Å². The molecule has 0 saturated heterocycles. The van der Waals surface area contributed by atoms with Gasteiger partial charge in [0, 0.05) is 11.4 Å². The van der Waals surface area contributed by atoms with E-state index in [4.69, 9.17) is 4.74 Å². The number of fused-ring (bicyclic) bond motifs is 1. The van der Waals surface area contributed by atoms with Gasteiger partial charge in [0.25, 0.3) is 5.56 Å². The lowest BCUT2D eigenvalue weighted by Gasteiger charge is -2.28. The van der Waals surface area contributed by atoms with E-state index < -0.39 is 11.9 Å². The van der Waals surface area contributed by atoms with Crippen molar-refractivity contribution in [2.75, 3.05) is 18.2 Å². The van der Waals surface area contributed by atoms with Gasteiger partial charge in [0.2, 0.25) is 0 Å². The molecule has 1 aromatic carbocycles. The molecule has 0 spiro atoms. The Morgan fingerprint density at radius 1 is 1.30 bits per heavy atom. The van der Waals surface area contributed by atoms with Gasteiger partial charge < -0.3 is 15.0 Å². The highest BCUT2D eigenvalue weighted by molar-refractivity contribution is 7.99. The summed E-state index contributed by atoms with van der Waals surface area (Å²) < 4.78 is 4.98. The molecule has 1 unspecified atom stereocenters. The lowest BCUT2D eigenvalue weighted by molar-refractivity contribution is -0.136. The summed E-state index contributed by atoms with van der Waals surface area (Å²) in [5, 5.41) is 3.71. The number of esters is 1. The summed E-state index contributed by atoms with van der Waals surface area (Å²) in [6, 6.07) is 9.48. The first kappa shape index (κ1) is 19.2. The molecule has 2 heterocycles. The fourth-order valence-corrected chi connectivity index (χ4v) is 4.12. The predicted molar refractivity (Wildman–Crippen MR) is 107 cm³/mol. The van der Waals surface area contributed by atoms with Crippen molar-refractivity contribution in [2.24, 2.45) is 0 Å². The van der Waals surface area contributed by atoms with Crippen LogP contribution in [0.3, 0.4) is 0 Å². The SMILES string of the molecule is CCCCSc1nc2c(c(=O)[nH]1)C(c1ccccc1)C(C(=O)OC)=C(C)N2. The smallest absolute Gasteiger partial charge is 0.336 e. The molecule has 27 heavy (non-hydrogen) atoms. The highest BCUT2D eigenvalue weighted by Crippen LogP contribution is 2.39. The Morgan fingerprint density at radius 2 is 2.04 bits per heavy atom. The lowest BCUT2D eigenvalue weighted by atomic mass is 9.82. The maximum Gasteiger partial charge on any atom is 0.336 e. The van der Waals surface area contributed by atoms with Crippen molar-refractivity contribution < 1.29 is 9.53 Å². The minimum atomic E-state index is -0.527. The fraction of sp³-hybridized carbons (Fsp3) is 0.350. The summed E-state index contributed by atoms with van der Waals surface area (Å²) in [6.45, 7) is 3.93. The second kappa shape index (κ2) is 8.43. The summed E-state index contributed by atoms with van der Waals surface area (Å²) >= 11 is 1.53. The van der Waals surface area contributed by atoms with Crippen LogP contribution >= 0.6 is 11.8 Å². The van der Waals surface area contributed by atoms with Gasteiger partial charge in [-0.25, -0.2) is 9.78 Å². The first-order chi connectivity index (χ1) is 13.1. The zero-order valence-corrected chi connectivity index (χ0v) is 16.5. The average molecular weight is 385 g/mol. The maximum absolute atomic E-state index is 12.9. The van der Waals surface area contributed by atoms with E-state index in [1.54, 1.807) is 6.92 Å². The monoisotopic (exact) mass is 385 g/mol. The van der Waals surface area contributed by atoms with E-state index in [1.807, 2.05) is 30.3 Å². The predicted octanol–water partition coefficient (Wildman–Crippen LogP) is 3.67. The van der Waals surface area contributed by atoms with Gasteiger partial charge in [-0.3, -0.25) is 4.79 Å². The highest BCUT2D eigenvalue weighted by Gasteiger charge is 2.36. The minimum Gasteiger partial charge on any atom is -0.466 e. The molecule has 1 aliphatic rings. The summed E-state index contributed by atoms with van der Waals surface area (Å²) in [6.07, 6.45) is 2.14. The molecule has 0 radical (unpaired) electrons. The van der Waals surface area contributed by atoms with Crippen LogP contribution in [0.1, 0.15) is 43.7 Å². The number of aromatic amines is 1. The van der Waals surface area contributed by atoms with Gasteiger partial charge in [-0.15, -0.1) is 0 Å². The zero-order valence-electron chi connectivity index (χ0n) is 15.7. The van der Waals surface area contributed by atoms with Crippen LogP contribution in [-0.4, -0.2) is 28.8 Å². The van der Waals surface area contributed by atoms with Crippen LogP contribution in [-0.2, 0) is 9.53 Å². The number of methoxy groups -OCH3 is 1. The topological polar surface area (TPSA) is 84.1 Å². The maximum atomic E-state index is 12.9. The normalized spacial score (nSPS) is 15.9. The Bertz CT molecular complexity index is 922. The molecular weight excluding hydrogens is 362 g/mol. The Balaban J connectivity index is 2.12. The Morgan fingerprint density at radius 3 is 2.70 bits per heavy atom. The number of anilines is 1. The molecule has 3 rings (SSSR count). The van der Waals surface area contributed by atoms with E-state index in [9.17, 15) is 9.59 Å². The number of hydrogen-bond acceptors (Lipinski definition) is 6. The third kappa shape index (κ3) is 3.93. The highest BCUT2D eigenvalue weighted by atomic mass is 32.2. The number of aromatic nitrogens is 2. The number of carbonyl (C=O) groups excluding carboxylic acids is 1. The first-order valence-electron chi connectivity index (χ1n) is 8.94. The van der Waals surface area contributed by atoms with E-state index in [-0.39, 0.29) is 5.56 Å². The number of benzene rings is 1. The van der Waals surface area contributed by atoms with E-state index in [0.29, 0.717) is 27.8 Å². The second-order valence-electron chi connectivity index (χ2n) is 6.33. The largest absolute Gasteiger partial charge is 0.466 e. The third-order valence-electron chi connectivity index (χ3n) is 4.50. The van der Waals surface area contributed by atoms with Gasteiger partial charge in [0.05, 0.1) is 24.2 Å². The van der Waals surface area contributed by atoms with Crippen LogP contribution in [0.4, 0.5) is 5.82 Å². The van der Waals surface area contributed by atoms with E-state index in [2.05, 4.69) is 22.2 Å². The molecule has 0 saturated carbocycles. The number of allylic oxidation sites excluding steroid dienone is 1. The summed E-state index contributed by atoms with van der Waals surface area (Å²) in [4.78, 5) is 32.9. The van der Waals surface area contributed by atoms with E-state index >= 15 is 0 Å². The molecular formula is C20H23N3O3S. The molecule has 7 heteroatoms. The summed E-state index contributed by atoms with van der Waals surface area (Å²) in [5.74, 6) is 0.403. The van der Waals surface area contributed by atoms with Crippen molar-refractivity contribution in [1.82, 2.24) is 9.97 Å². The number of ether oxygens (including phenoxy) is 1. The summed E-state index contributed by atoms with van der Waals surface area (Å²) in [5.41, 5.74) is 2.11. The number of hydrogen-bond donors (Lipinski definition) is 2. The molecule has 0 amide bonds. The molecule has 1 atom stereocenters. The van der Waals surface area contributed by atoms with Gasteiger partial charge in [0.15, 0.2) is 5.16 Å². The number of nitrogens with one attached hydrogen (secondary N) is 2. The second-order valence-corrected chi connectivity index (χ2v) is 7.42. The van der Waals surface area contributed by atoms with Crippen LogP contribution in [0.5, 0.6) is 0 Å². The van der Waals surface area contributed by atoms with Gasteiger partial charge in [-0.2, -0.15) is 0 Å². The number of thioether (sulfide) groups is 1. The van der Waals surface area contributed by atoms with E-state index in [0.717, 1.165) is 24.2 Å². The van der Waals surface area contributed by atoms with Crippen molar-refractivity contribution in [1.29, 1.82) is 0 Å². The Labute approximate surface area is 162 Å². The van der Waals surface area contributed by atoms with Crippen molar-refractivity contribution in [3.63, 3.8) is 0 Å². The van der Waals surface area contributed by atoms with E-state index in [1.165, 1.54) is 18.9 Å². The number of nitrogens with zero attached hydrogens (tertiary/aromatic N) is 1. The minimum absolute atomic E-state index is 0.241. The molecule has 2 aromatic rings. The van der Waals surface area contributed by atoms with Crippen LogP contribution in [0.2, 0.25) is 0 Å². The molecule has 1 aliphatic heterocycles. The standard InChI is InChI=1S/C20H23N3O3S/c1-4-5-11-27-20-22-17-16(18(24)23-20)15(13-9-7-6-8-10-13)14(12(2)21-17)19(25)26-3/h6-10,15H,4-5,11H2,1-3H3,(H2,21,22,23,24). The average Bonchev–Trinajstić information content (AvgIpc) is 2.67. The van der Waals surface area contributed by atoms with Gasteiger partial charge >= 0.3 is 5.97 Å². The van der Waals surface area contributed by atoms with Crippen LogP contribution < -0.4 is 10.9 Å². The molecule has 2 N–H and O–H groups in total. The third-order valence-corrected chi connectivity index (χ3v) is 5.46. The molecule has 0 bridgehead atoms. The Kier molecular flexibility index (Phi) is 6.01. The quantitative estimate of drug-likeness (QED) is 0.342. The molecule has 1 aromatic heterocycles. The van der Waals surface area contributed by atoms with Gasteiger partial charge in [0.1, 0.15) is 5.82 Å². The lowest BCUT2D eigenvalue weighted by Crippen LogP contribution is -2.30. The van der Waals surface area contributed by atoms with Gasteiger partial charge in [-0.1, -0.05) is 55.4 Å². The number of carbonyl (C=O) groups is 1. The first-order valence-corrected chi connectivity index (χ1v) is 9.93. The van der Waals surface area contributed by atoms with Crippen molar-refractivity contribution in [3.8, 4) is 0 Å². The number of H-pyrrole nitrogens is 1. The molecule has 0 fully saturated rings. The zero-order chi connectivity index (χ0) is 19.4. The number of unbranched alkanes of at least 4 members (excludes halogenated alkanes) is 1. The summed E-state index contributed by atoms with van der Waals surface area (Å²) in [7, 11) is 1.34.